The van der Waals surface area contributed by atoms with Crippen molar-refractivity contribution in [3.05, 3.63) is 68.7 Å². The quantitative estimate of drug-likeness (QED) is 0.478. The van der Waals surface area contributed by atoms with Gasteiger partial charge in [0.2, 0.25) is 0 Å². The molecule has 0 radical (unpaired) electrons. The van der Waals surface area contributed by atoms with Gasteiger partial charge in [-0.25, -0.2) is 4.98 Å². The lowest BCUT2D eigenvalue weighted by molar-refractivity contribution is 1.15. The average molecular weight is 362 g/mol. The van der Waals surface area contributed by atoms with Crippen molar-refractivity contribution in [2.75, 3.05) is 0 Å². The smallest absolute Gasteiger partial charge is 0.0973 e. The van der Waals surface area contributed by atoms with Crippen LogP contribution in [0.1, 0.15) is 22.3 Å². The number of fused-ring (bicyclic) bond motifs is 1. The van der Waals surface area contributed by atoms with Crippen molar-refractivity contribution in [2.24, 2.45) is 0 Å². The molecule has 23 heavy (non-hydrogen) atoms. The first-order valence-corrected chi connectivity index (χ1v) is 9.13. The van der Waals surface area contributed by atoms with E-state index in [1.165, 1.54) is 22.1 Å². The summed E-state index contributed by atoms with van der Waals surface area (Å²) in [6, 6.07) is 12.3. The summed E-state index contributed by atoms with van der Waals surface area (Å²) in [6.45, 7) is 6.39. The monoisotopic (exact) mass is 361 g/mol. The molecule has 0 aliphatic carbocycles. The van der Waals surface area contributed by atoms with E-state index in [4.69, 9.17) is 28.2 Å². The van der Waals surface area contributed by atoms with Crippen molar-refractivity contribution in [3.8, 4) is 0 Å². The molecule has 1 aromatic heterocycles. The highest BCUT2D eigenvalue weighted by Gasteiger charge is 2.08. The molecule has 0 N–H and O–H groups in total. The van der Waals surface area contributed by atoms with Crippen LogP contribution in [-0.2, 0) is 5.75 Å². The first-order valence-electron chi connectivity index (χ1n) is 7.39. The predicted octanol–water partition coefficient (Wildman–Crippen LogP) is 6.76. The molecule has 3 rings (SSSR count). The highest BCUT2D eigenvalue weighted by Crippen LogP contribution is 2.30. The molecule has 0 aliphatic rings. The Hall–Kier alpha value is -1.22. The Labute approximate surface area is 151 Å². The molecular weight excluding hydrogens is 345 g/mol. The fourth-order valence-corrected chi connectivity index (χ4v) is 3.91. The third-order valence-corrected chi connectivity index (χ3v) is 5.52. The van der Waals surface area contributed by atoms with Gasteiger partial charge in [-0.2, -0.15) is 0 Å². The number of benzene rings is 2. The van der Waals surface area contributed by atoms with Crippen LogP contribution in [0.5, 0.6) is 0 Å². The van der Waals surface area contributed by atoms with Gasteiger partial charge >= 0.3 is 0 Å². The minimum absolute atomic E-state index is 0.589. The number of thioether (sulfide) groups is 1. The van der Waals surface area contributed by atoms with Crippen LogP contribution < -0.4 is 0 Å². The fourth-order valence-electron chi connectivity index (χ4n) is 2.68. The number of nitrogens with zero attached hydrogens (tertiary/aromatic N) is 1. The van der Waals surface area contributed by atoms with Crippen molar-refractivity contribution >= 4 is 45.9 Å². The van der Waals surface area contributed by atoms with E-state index >= 15 is 0 Å². The van der Waals surface area contributed by atoms with E-state index in [0.29, 0.717) is 10.0 Å². The lowest BCUT2D eigenvalue weighted by Gasteiger charge is -2.10. The van der Waals surface area contributed by atoms with E-state index in [9.17, 15) is 0 Å². The van der Waals surface area contributed by atoms with E-state index in [-0.39, 0.29) is 0 Å². The summed E-state index contributed by atoms with van der Waals surface area (Å²) in [5.41, 5.74) is 5.99. The van der Waals surface area contributed by atoms with Crippen LogP contribution in [0.15, 0.2) is 41.4 Å². The topological polar surface area (TPSA) is 12.9 Å². The normalized spacial score (nSPS) is 11.2. The zero-order chi connectivity index (χ0) is 16.6. The van der Waals surface area contributed by atoms with E-state index in [0.717, 1.165) is 21.9 Å². The van der Waals surface area contributed by atoms with E-state index in [1.807, 2.05) is 18.2 Å². The van der Waals surface area contributed by atoms with Crippen LogP contribution in [0.3, 0.4) is 0 Å². The molecule has 0 saturated heterocycles. The minimum Gasteiger partial charge on any atom is -0.241 e. The number of hydrogen-bond donors (Lipinski definition) is 0. The average Bonchev–Trinajstić information content (AvgIpc) is 2.49. The van der Waals surface area contributed by atoms with Gasteiger partial charge in [-0.3, -0.25) is 0 Å². The van der Waals surface area contributed by atoms with E-state index in [1.54, 1.807) is 11.8 Å². The Kier molecular flexibility index (Phi) is 4.86. The van der Waals surface area contributed by atoms with Crippen LogP contribution in [0.4, 0.5) is 0 Å². The van der Waals surface area contributed by atoms with Gasteiger partial charge in [-0.15, -0.1) is 11.8 Å². The standard InChI is InChI=1S/C19H17Cl2NS/c1-11-6-13(3)19-15(7-11)12(2)8-18(22-19)23-10-14-4-5-16(20)17(21)9-14/h4-9H,10H2,1-3H3. The van der Waals surface area contributed by atoms with Crippen LogP contribution in [0, 0.1) is 20.8 Å². The summed E-state index contributed by atoms with van der Waals surface area (Å²) in [4.78, 5) is 4.84. The van der Waals surface area contributed by atoms with E-state index < -0.39 is 0 Å². The lowest BCUT2D eigenvalue weighted by Crippen LogP contribution is -1.92. The molecule has 0 aliphatic heterocycles. The molecular formula is C19H17Cl2NS. The number of aryl methyl sites for hydroxylation is 3. The van der Waals surface area contributed by atoms with Gasteiger partial charge in [0.25, 0.3) is 0 Å². The summed E-state index contributed by atoms with van der Waals surface area (Å²) >= 11 is 13.8. The van der Waals surface area contributed by atoms with Gasteiger partial charge in [-0.1, -0.05) is 40.9 Å². The highest BCUT2D eigenvalue weighted by atomic mass is 35.5. The van der Waals surface area contributed by atoms with Crippen molar-refractivity contribution in [3.63, 3.8) is 0 Å². The Morgan fingerprint density at radius 1 is 0.913 bits per heavy atom. The van der Waals surface area contributed by atoms with Crippen LogP contribution in [0.25, 0.3) is 10.9 Å². The fraction of sp³-hybridized carbons (Fsp3) is 0.211. The minimum atomic E-state index is 0.589. The first kappa shape index (κ1) is 16.6. The molecule has 1 nitrogen and oxygen atoms in total. The van der Waals surface area contributed by atoms with Crippen molar-refractivity contribution in [1.82, 2.24) is 4.98 Å². The van der Waals surface area contributed by atoms with Gasteiger partial charge in [0.05, 0.1) is 20.6 Å². The number of halogens is 2. The second-order valence-corrected chi connectivity index (χ2v) is 7.60. The number of pyridine rings is 1. The van der Waals surface area contributed by atoms with Crippen LogP contribution >= 0.6 is 35.0 Å². The molecule has 0 bridgehead atoms. The van der Waals surface area contributed by atoms with Crippen molar-refractivity contribution in [1.29, 1.82) is 0 Å². The zero-order valence-corrected chi connectivity index (χ0v) is 15.6. The molecule has 118 valence electrons. The maximum absolute atomic E-state index is 6.08. The maximum Gasteiger partial charge on any atom is 0.0973 e. The Bertz CT molecular complexity index is 890. The molecule has 1 heterocycles. The largest absolute Gasteiger partial charge is 0.241 e. The summed E-state index contributed by atoms with van der Waals surface area (Å²) in [6.07, 6.45) is 0. The van der Waals surface area contributed by atoms with Gasteiger partial charge in [0.1, 0.15) is 0 Å². The molecule has 2 aromatic carbocycles. The third kappa shape index (κ3) is 3.65. The number of hydrogen-bond acceptors (Lipinski definition) is 2. The number of aromatic nitrogens is 1. The SMILES string of the molecule is Cc1cc(C)c2nc(SCc3ccc(Cl)c(Cl)c3)cc(C)c2c1. The van der Waals surface area contributed by atoms with Gasteiger partial charge in [0.15, 0.2) is 0 Å². The zero-order valence-electron chi connectivity index (χ0n) is 13.3. The third-order valence-electron chi connectivity index (χ3n) is 3.80. The molecule has 0 amide bonds. The molecule has 3 aromatic rings. The maximum atomic E-state index is 6.08. The summed E-state index contributed by atoms with van der Waals surface area (Å²) in [5.74, 6) is 0.819. The molecule has 0 fully saturated rings. The highest BCUT2D eigenvalue weighted by molar-refractivity contribution is 7.98. The molecule has 0 atom stereocenters. The second-order valence-electron chi connectivity index (χ2n) is 5.79. The van der Waals surface area contributed by atoms with Crippen molar-refractivity contribution in [2.45, 2.75) is 31.6 Å². The first-order chi connectivity index (χ1) is 10.9. The predicted molar refractivity (Wildman–Crippen MR) is 102 cm³/mol. The second kappa shape index (κ2) is 6.72. The molecule has 4 heteroatoms. The Morgan fingerprint density at radius 3 is 2.43 bits per heavy atom. The summed E-state index contributed by atoms with van der Waals surface area (Å²) in [5, 5.41) is 3.46. The molecule has 0 saturated carbocycles. The Morgan fingerprint density at radius 2 is 1.70 bits per heavy atom. The lowest BCUT2D eigenvalue weighted by atomic mass is 10.0. The Balaban J connectivity index is 1.90. The van der Waals surface area contributed by atoms with E-state index in [2.05, 4.69) is 39.0 Å². The van der Waals surface area contributed by atoms with Gasteiger partial charge in [-0.05, 0) is 61.7 Å². The van der Waals surface area contributed by atoms with Crippen LogP contribution in [0.2, 0.25) is 10.0 Å². The summed E-state index contributed by atoms with van der Waals surface area (Å²) < 4.78 is 0. The van der Waals surface area contributed by atoms with Crippen molar-refractivity contribution < 1.29 is 0 Å². The summed E-state index contributed by atoms with van der Waals surface area (Å²) in [7, 11) is 0. The van der Waals surface area contributed by atoms with Gasteiger partial charge in [0, 0.05) is 11.1 Å². The van der Waals surface area contributed by atoms with Gasteiger partial charge < -0.3 is 0 Å². The molecule has 0 unspecified atom stereocenters. The van der Waals surface area contributed by atoms with Crippen LogP contribution in [-0.4, -0.2) is 4.98 Å². The number of rotatable bonds is 3. The molecule has 0 spiro atoms.